The Morgan fingerprint density at radius 2 is 1.95 bits per heavy atom. The van der Waals surface area contributed by atoms with Gasteiger partial charge in [0.05, 0.1) is 7.11 Å². The Morgan fingerprint density at radius 1 is 1.25 bits per heavy atom. The number of nitrogens with zero attached hydrogens (tertiary/aromatic N) is 1. The van der Waals surface area contributed by atoms with Crippen LogP contribution < -0.4 is 10.1 Å². The number of carbonyl (C=O) groups is 1. The highest BCUT2D eigenvalue weighted by Gasteiger charge is 2.12. The zero-order valence-corrected chi connectivity index (χ0v) is 11.9. The van der Waals surface area contributed by atoms with Crippen molar-refractivity contribution in [3.63, 3.8) is 0 Å². The molecule has 0 unspecified atom stereocenters. The lowest BCUT2D eigenvalue weighted by atomic mass is 10.1. The van der Waals surface area contributed by atoms with E-state index in [1.807, 2.05) is 24.3 Å². The van der Waals surface area contributed by atoms with E-state index in [0.29, 0.717) is 23.9 Å². The summed E-state index contributed by atoms with van der Waals surface area (Å²) >= 11 is 5.73. The van der Waals surface area contributed by atoms with Gasteiger partial charge in [-0.1, -0.05) is 24.3 Å². The maximum atomic E-state index is 12.1. The largest absolute Gasteiger partial charge is 0.480 e. The molecule has 0 spiro atoms. The third-order valence-electron chi connectivity index (χ3n) is 2.84. The molecule has 0 saturated carbocycles. The third kappa shape index (κ3) is 3.48. The molecular weight excluding hydrogens is 276 g/mol. The molecule has 1 aromatic heterocycles. The number of pyridine rings is 1. The van der Waals surface area contributed by atoms with Gasteiger partial charge in [0.1, 0.15) is 5.56 Å². The fourth-order valence-corrected chi connectivity index (χ4v) is 1.93. The van der Waals surface area contributed by atoms with Gasteiger partial charge in [0.15, 0.2) is 0 Å². The molecule has 0 saturated heterocycles. The topological polar surface area (TPSA) is 51.2 Å². The van der Waals surface area contributed by atoms with E-state index in [1.165, 1.54) is 7.11 Å². The van der Waals surface area contributed by atoms with E-state index >= 15 is 0 Å². The van der Waals surface area contributed by atoms with Crippen LogP contribution in [-0.4, -0.2) is 18.0 Å². The molecule has 0 fully saturated rings. The van der Waals surface area contributed by atoms with Gasteiger partial charge in [0.25, 0.3) is 5.91 Å². The monoisotopic (exact) mass is 290 g/mol. The summed E-state index contributed by atoms with van der Waals surface area (Å²) in [7, 11) is 1.49. The van der Waals surface area contributed by atoms with Gasteiger partial charge < -0.3 is 10.1 Å². The Hall–Kier alpha value is -2.07. The minimum Gasteiger partial charge on any atom is -0.480 e. The lowest BCUT2D eigenvalue weighted by molar-refractivity contribution is 0.0947. The fourth-order valence-electron chi connectivity index (χ4n) is 1.75. The lowest BCUT2D eigenvalue weighted by Crippen LogP contribution is -2.23. The minimum absolute atomic E-state index is 0.212. The number of nitrogens with one attached hydrogen (secondary N) is 1. The molecule has 1 N–H and O–H groups in total. The zero-order chi connectivity index (χ0) is 14.4. The normalized spacial score (nSPS) is 10.1. The van der Waals surface area contributed by atoms with Crippen LogP contribution in [0.5, 0.6) is 5.88 Å². The second-order valence-corrected chi connectivity index (χ2v) is 4.46. The Bertz CT molecular complexity index is 585. The fraction of sp³-hybridized carbons (Fsp3) is 0.200. The SMILES string of the molecule is COc1ncccc1C(=O)NCc1ccc(CCl)cc1. The van der Waals surface area contributed by atoms with E-state index in [-0.39, 0.29) is 5.91 Å². The number of halogens is 1. The molecule has 1 amide bonds. The Balaban J connectivity index is 2.01. The van der Waals surface area contributed by atoms with Crippen LogP contribution in [0.15, 0.2) is 42.6 Å². The summed E-state index contributed by atoms with van der Waals surface area (Å²) in [6.45, 7) is 0.444. The average molecular weight is 291 g/mol. The molecule has 0 aliphatic heterocycles. The molecule has 2 rings (SSSR count). The van der Waals surface area contributed by atoms with E-state index in [0.717, 1.165) is 11.1 Å². The van der Waals surface area contributed by atoms with Gasteiger partial charge in [-0.15, -0.1) is 11.6 Å². The highest BCUT2D eigenvalue weighted by molar-refractivity contribution is 6.17. The number of methoxy groups -OCH3 is 1. The number of aromatic nitrogens is 1. The number of rotatable bonds is 5. The van der Waals surface area contributed by atoms with Crippen LogP contribution in [0.3, 0.4) is 0 Å². The van der Waals surface area contributed by atoms with Gasteiger partial charge in [0, 0.05) is 18.6 Å². The predicted molar refractivity (Wildman–Crippen MR) is 78.0 cm³/mol. The van der Waals surface area contributed by atoms with Gasteiger partial charge in [0.2, 0.25) is 5.88 Å². The standard InChI is InChI=1S/C15H15ClN2O2/c1-20-15-13(3-2-8-17-15)14(19)18-10-12-6-4-11(9-16)5-7-12/h2-8H,9-10H2,1H3,(H,18,19). The summed E-state index contributed by atoms with van der Waals surface area (Å²) in [5.74, 6) is 0.596. The first-order valence-corrected chi connectivity index (χ1v) is 6.69. The molecule has 104 valence electrons. The molecule has 1 aromatic carbocycles. The number of hydrogen-bond donors (Lipinski definition) is 1. The van der Waals surface area contributed by atoms with Crippen LogP contribution in [0.4, 0.5) is 0 Å². The van der Waals surface area contributed by atoms with Crippen LogP contribution in [-0.2, 0) is 12.4 Å². The quantitative estimate of drug-likeness (QED) is 0.862. The van der Waals surface area contributed by atoms with Crippen molar-refractivity contribution in [2.24, 2.45) is 0 Å². The summed E-state index contributed by atoms with van der Waals surface area (Å²) < 4.78 is 5.06. The second-order valence-electron chi connectivity index (χ2n) is 4.19. The lowest BCUT2D eigenvalue weighted by Gasteiger charge is -2.08. The molecule has 4 nitrogen and oxygen atoms in total. The van der Waals surface area contributed by atoms with Crippen molar-refractivity contribution in [1.82, 2.24) is 10.3 Å². The van der Waals surface area contributed by atoms with Crippen LogP contribution in [0.25, 0.3) is 0 Å². The first-order chi connectivity index (χ1) is 9.74. The molecule has 0 atom stereocenters. The van der Waals surface area contributed by atoms with E-state index in [4.69, 9.17) is 16.3 Å². The van der Waals surface area contributed by atoms with Gasteiger partial charge >= 0.3 is 0 Å². The first kappa shape index (κ1) is 14.3. The van der Waals surface area contributed by atoms with Crippen molar-refractivity contribution in [2.75, 3.05) is 7.11 Å². The van der Waals surface area contributed by atoms with Gasteiger partial charge in [-0.25, -0.2) is 4.98 Å². The molecule has 2 aromatic rings. The van der Waals surface area contributed by atoms with Gasteiger partial charge in [-0.3, -0.25) is 4.79 Å². The Labute approximate surface area is 122 Å². The minimum atomic E-state index is -0.212. The average Bonchev–Trinajstić information content (AvgIpc) is 2.53. The van der Waals surface area contributed by atoms with E-state index in [2.05, 4.69) is 10.3 Å². The van der Waals surface area contributed by atoms with Crippen molar-refractivity contribution in [2.45, 2.75) is 12.4 Å². The molecule has 20 heavy (non-hydrogen) atoms. The smallest absolute Gasteiger partial charge is 0.257 e. The number of amides is 1. The Morgan fingerprint density at radius 3 is 2.60 bits per heavy atom. The van der Waals surface area contributed by atoms with Crippen molar-refractivity contribution in [3.05, 3.63) is 59.3 Å². The third-order valence-corrected chi connectivity index (χ3v) is 3.15. The van der Waals surface area contributed by atoms with Crippen molar-refractivity contribution >= 4 is 17.5 Å². The summed E-state index contributed by atoms with van der Waals surface area (Å²) in [5, 5.41) is 2.84. The summed E-state index contributed by atoms with van der Waals surface area (Å²) in [4.78, 5) is 16.1. The number of ether oxygens (including phenoxy) is 1. The predicted octanol–water partition coefficient (Wildman–Crippen LogP) is 2.76. The van der Waals surface area contributed by atoms with Crippen LogP contribution in [0.1, 0.15) is 21.5 Å². The Kier molecular flexibility index (Phi) is 4.96. The van der Waals surface area contributed by atoms with Crippen molar-refractivity contribution in [1.29, 1.82) is 0 Å². The molecular formula is C15H15ClN2O2. The molecule has 0 radical (unpaired) electrons. The van der Waals surface area contributed by atoms with Crippen molar-refractivity contribution in [3.8, 4) is 5.88 Å². The van der Waals surface area contributed by atoms with Gasteiger partial charge in [-0.2, -0.15) is 0 Å². The summed E-state index contributed by atoms with van der Waals surface area (Å²) in [6, 6.07) is 11.2. The van der Waals surface area contributed by atoms with E-state index < -0.39 is 0 Å². The van der Waals surface area contributed by atoms with Crippen LogP contribution in [0.2, 0.25) is 0 Å². The van der Waals surface area contributed by atoms with Crippen LogP contribution >= 0.6 is 11.6 Å². The maximum absolute atomic E-state index is 12.1. The molecule has 5 heteroatoms. The number of alkyl halides is 1. The summed E-state index contributed by atoms with van der Waals surface area (Å²) in [5.41, 5.74) is 2.48. The van der Waals surface area contributed by atoms with E-state index in [1.54, 1.807) is 18.3 Å². The number of carbonyl (C=O) groups excluding carboxylic acids is 1. The number of benzene rings is 1. The zero-order valence-electron chi connectivity index (χ0n) is 11.1. The molecule has 0 aliphatic carbocycles. The summed E-state index contributed by atoms with van der Waals surface area (Å²) in [6.07, 6.45) is 1.58. The highest BCUT2D eigenvalue weighted by Crippen LogP contribution is 2.13. The van der Waals surface area contributed by atoms with Gasteiger partial charge in [-0.05, 0) is 23.3 Å². The maximum Gasteiger partial charge on any atom is 0.257 e. The highest BCUT2D eigenvalue weighted by atomic mass is 35.5. The first-order valence-electron chi connectivity index (χ1n) is 6.15. The van der Waals surface area contributed by atoms with E-state index in [9.17, 15) is 4.79 Å². The second kappa shape index (κ2) is 6.91. The number of hydrogen-bond acceptors (Lipinski definition) is 3. The molecule has 0 bridgehead atoms. The van der Waals surface area contributed by atoms with Crippen LogP contribution in [0, 0.1) is 0 Å². The van der Waals surface area contributed by atoms with Crippen molar-refractivity contribution < 1.29 is 9.53 Å². The molecule has 1 heterocycles. The molecule has 0 aliphatic rings.